The van der Waals surface area contributed by atoms with Crippen molar-refractivity contribution in [2.45, 2.75) is 37.6 Å². The van der Waals surface area contributed by atoms with Gasteiger partial charge in [0.05, 0.1) is 18.8 Å². The Labute approximate surface area is 160 Å². The molecule has 0 aliphatic rings. The standard InChI is InChI=1S/C18H24N4O6/c1-9(24)15(17(26)21-14(8-23)18(27)28)22-16(25)12(19)6-10-7-20-13-5-3-2-4-11(10)13/h2-5,7,9,12,14-15,20,23-24H,6,8,19H2,1H3,(H,21,26)(H,22,25)(H,27,28)/t9-,12+,14+,15+/m1/s1. The minimum Gasteiger partial charge on any atom is -0.480 e. The van der Waals surface area contributed by atoms with Gasteiger partial charge in [0.1, 0.15) is 12.1 Å². The fourth-order valence-electron chi connectivity index (χ4n) is 2.74. The van der Waals surface area contributed by atoms with Gasteiger partial charge in [0.15, 0.2) is 0 Å². The van der Waals surface area contributed by atoms with E-state index in [0.717, 1.165) is 16.5 Å². The Bertz CT molecular complexity index is 849. The van der Waals surface area contributed by atoms with E-state index in [0.29, 0.717) is 0 Å². The van der Waals surface area contributed by atoms with Crippen LogP contribution in [-0.2, 0) is 20.8 Å². The van der Waals surface area contributed by atoms with Crippen molar-refractivity contribution in [3.8, 4) is 0 Å². The maximum Gasteiger partial charge on any atom is 0.328 e. The number of amides is 2. The molecule has 1 aromatic heterocycles. The van der Waals surface area contributed by atoms with Gasteiger partial charge in [-0.1, -0.05) is 18.2 Å². The molecule has 152 valence electrons. The van der Waals surface area contributed by atoms with E-state index in [1.54, 1.807) is 6.20 Å². The lowest BCUT2D eigenvalue weighted by atomic mass is 10.0. The number of nitrogens with two attached hydrogens (primary N) is 1. The maximum atomic E-state index is 12.4. The van der Waals surface area contributed by atoms with Crippen molar-refractivity contribution in [2.75, 3.05) is 6.61 Å². The minimum absolute atomic E-state index is 0.193. The number of aliphatic hydroxyl groups excluding tert-OH is 2. The average Bonchev–Trinajstić information content (AvgIpc) is 3.06. The second-order valence-electron chi connectivity index (χ2n) is 6.48. The topological polar surface area (TPSA) is 178 Å². The molecule has 0 unspecified atom stereocenters. The van der Waals surface area contributed by atoms with E-state index in [4.69, 9.17) is 15.9 Å². The predicted molar refractivity (Wildman–Crippen MR) is 100 cm³/mol. The van der Waals surface area contributed by atoms with Crippen LogP contribution < -0.4 is 16.4 Å². The molecule has 4 atom stereocenters. The van der Waals surface area contributed by atoms with Crippen molar-refractivity contribution in [3.63, 3.8) is 0 Å². The minimum atomic E-state index is -1.55. The Kier molecular flexibility index (Phi) is 7.10. The number of carboxylic acids is 1. The van der Waals surface area contributed by atoms with E-state index in [9.17, 15) is 19.5 Å². The number of aromatic nitrogens is 1. The number of hydrogen-bond acceptors (Lipinski definition) is 6. The summed E-state index contributed by atoms with van der Waals surface area (Å²) in [5, 5.41) is 33.0. The maximum absolute atomic E-state index is 12.4. The lowest BCUT2D eigenvalue weighted by Crippen LogP contribution is -2.58. The fourth-order valence-corrected chi connectivity index (χ4v) is 2.74. The Balaban J connectivity index is 2.04. The van der Waals surface area contributed by atoms with Crippen LogP contribution in [0, 0.1) is 0 Å². The summed E-state index contributed by atoms with van der Waals surface area (Å²) in [7, 11) is 0. The largest absolute Gasteiger partial charge is 0.480 e. The van der Waals surface area contributed by atoms with Crippen LogP contribution in [0.5, 0.6) is 0 Å². The highest BCUT2D eigenvalue weighted by molar-refractivity contribution is 5.92. The molecule has 0 saturated carbocycles. The number of nitrogens with one attached hydrogen (secondary N) is 3. The van der Waals surface area contributed by atoms with E-state index in [-0.39, 0.29) is 6.42 Å². The Morgan fingerprint density at radius 1 is 1.18 bits per heavy atom. The van der Waals surface area contributed by atoms with E-state index >= 15 is 0 Å². The number of H-pyrrole nitrogens is 1. The van der Waals surface area contributed by atoms with Crippen LogP contribution in [-0.4, -0.2) is 68.9 Å². The highest BCUT2D eigenvalue weighted by Crippen LogP contribution is 2.18. The van der Waals surface area contributed by atoms with Crippen molar-refractivity contribution in [2.24, 2.45) is 5.73 Å². The van der Waals surface area contributed by atoms with Gasteiger partial charge in [0, 0.05) is 17.1 Å². The number of hydrogen-bond donors (Lipinski definition) is 7. The summed E-state index contributed by atoms with van der Waals surface area (Å²) in [5.41, 5.74) is 7.67. The second-order valence-corrected chi connectivity index (χ2v) is 6.48. The van der Waals surface area contributed by atoms with Gasteiger partial charge in [0.25, 0.3) is 0 Å². The third-order valence-electron chi connectivity index (χ3n) is 4.31. The Morgan fingerprint density at radius 2 is 1.86 bits per heavy atom. The number of carboxylic acid groups (broad SMARTS) is 1. The summed E-state index contributed by atoms with van der Waals surface area (Å²) in [4.78, 5) is 38.6. The molecule has 1 aromatic carbocycles. The summed E-state index contributed by atoms with van der Waals surface area (Å²) in [6.45, 7) is 0.437. The quantitative estimate of drug-likeness (QED) is 0.270. The monoisotopic (exact) mass is 392 g/mol. The number of fused-ring (bicyclic) bond motifs is 1. The van der Waals surface area contributed by atoms with Crippen molar-refractivity contribution in [3.05, 3.63) is 36.0 Å². The van der Waals surface area contributed by atoms with Crippen LogP contribution in [0.3, 0.4) is 0 Å². The number of rotatable bonds is 9. The zero-order valence-electron chi connectivity index (χ0n) is 15.3. The molecule has 28 heavy (non-hydrogen) atoms. The van der Waals surface area contributed by atoms with E-state index < -0.39 is 48.6 Å². The third kappa shape index (κ3) is 5.06. The van der Waals surface area contributed by atoms with Crippen LogP contribution in [0.15, 0.2) is 30.5 Å². The van der Waals surface area contributed by atoms with Gasteiger partial charge in [-0.15, -0.1) is 0 Å². The van der Waals surface area contributed by atoms with E-state index in [1.165, 1.54) is 6.92 Å². The van der Waals surface area contributed by atoms with Gasteiger partial charge in [0.2, 0.25) is 11.8 Å². The number of aromatic amines is 1. The molecule has 0 radical (unpaired) electrons. The van der Waals surface area contributed by atoms with Crippen LogP contribution in [0.25, 0.3) is 10.9 Å². The Morgan fingerprint density at radius 3 is 2.46 bits per heavy atom. The normalized spacial score (nSPS) is 15.4. The van der Waals surface area contributed by atoms with Crippen LogP contribution in [0.1, 0.15) is 12.5 Å². The molecule has 0 aliphatic carbocycles. The average molecular weight is 392 g/mol. The molecule has 2 amide bonds. The summed E-state index contributed by atoms with van der Waals surface area (Å²) in [6, 6.07) is 3.54. The molecule has 8 N–H and O–H groups in total. The Hall–Kier alpha value is -2.95. The van der Waals surface area contributed by atoms with Crippen molar-refractivity contribution >= 4 is 28.7 Å². The number of carbonyl (C=O) groups is 3. The molecule has 10 nitrogen and oxygen atoms in total. The zero-order chi connectivity index (χ0) is 20.8. The van der Waals surface area contributed by atoms with E-state index in [2.05, 4.69) is 15.6 Å². The molecule has 10 heteroatoms. The first kappa shape index (κ1) is 21.4. The molecular formula is C18H24N4O6. The predicted octanol–water partition coefficient (Wildman–Crippen LogP) is -1.53. The van der Waals surface area contributed by atoms with Crippen molar-refractivity contribution in [1.29, 1.82) is 0 Å². The number of benzene rings is 1. The second kappa shape index (κ2) is 9.31. The highest BCUT2D eigenvalue weighted by atomic mass is 16.4. The number of carbonyl (C=O) groups excluding carboxylic acids is 2. The summed E-state index contributed by atoms with van der Waals surface area (Å²) in [5.74, 6) is -3.06. The molecule has 0 saturated heterocycles. The summed E-state index contributed by atoms with van der Waals surface area (Å²) in [6.07, 6.45) is 0.630. The molecule has 0 aliphatic heterocycles. The number of aliphatic hydroxyl groups is 2. The SMILES string of the molecule is C[C@@H](O)[C@H](NC(=O)[C@@H](N)Cc1c[nH]c2ccccc12)C(=O)N[C@@H](CO)C(=O)O. The fraction of sp³-hybridized carbons (Fsp3) is 0.389. The van der Waals surface area contributed by atoms with Gasteiger partial charge in [-0.05, 0) is 25.0 Å². The number of aliphatic carboxylic acids is 1. The van der Waals surface area contributed by atoms with Gasteiger partial charge >= 0.3 is 5.97 Å². The van der Waals surface area contributed by atoms with Gasteiger partial charge in [-0.25, -0.2) is 4.79 Å². The zero-order valence-corrected chi connectivity index (χ0v) is 15.3. The molecule has 2 rings (SSSR count). The smallest absolute Gasteiger partial charge is 0.328 e. The first-order valence-electron chi connectivity index (χ1n) is 8.67. The van der Waals surface area contributed by atoms with Crippen LogP contribution in [0.4, 0.5) is 0 Å². The molecule has 0 spiro atoms. The molecule has 1 heterocycles. The highest BCUT2D eigenvalue weighted by Gasteiger charge is 2.30. The lowest BCUT2D eigenvalue weighted by molar-refractivity contribution is -0.144. The summed E-state index contributed by atoms with van der Waals surface area (Å²) >= 11 is 0. The van der Waals surface area contributed by atoms with Gasteiger partial charge < -0.3 is 36.7 Å². The van der Waals surface area contributed by atoms with Crippen molar-refractivity contribution in [1.82, 2.24) is 15.6 Å². The third-order valence-corrected chi connectivity index (χ3v) is 4.31. The first-order chi connectivity index (χ1) is 13.2. The molecular weight excluding hydrogens is 368 g/mol. The number of para-hydroxylation sites is 1. The van der Waals surface area contributed by atoms with Gasteiger partial charge in [-0.3, -0.25) is 9.59 Å². The van der Waals surface area contributed by atoms with Crippen LogP contribution in [0.2, 0.25) is 0 Å². The first-order valence-corrected chi connectivity index (χ1v) is 8.67. The van der Waals surface area contributed by atoms with Crippen molar-refractivity contribution < 1.29 is 29.7 Å². The van der Waals surface area contributed by atoms with Gasteiger partial charge in [-0.2, -0.15) is 0 Å². The lowest BCUT2D eigenvalue weighted by Gasteiger charge is -2.24. The molecule has 0 fully saturated rings. The molecule has 2 aromatic rings. The van der Waals surface area contributed by atoms with E-state index in [1.807, 2.05) is 24.3 Å². The van der Waals surface area contributed by atoms with Crippen LogP contribution >= 0.6 is 0 Å². The molecule has 0 bridgehead atoms. The summed E-state index contributed by atoms with van der Waals surface area (Å²) < 4.78 is 0.